The zero-order chi connectivity index (χ0) is 35.1. The van der Waals surface area contributed by atoms with E-state index in [1.807, 2.05) is 32.0 Å². The lowest BCUT2D eigenvalue weighted by molar-refractivity contribution is -0.142. The number of amides is 3. The van der Waals surface area contributed by atoms with Crippen LogP contribution in [-0.4, -0.2) is 87.7 Å². The van der Waals surface area contributed by atoms with Gasteiger partial charge in [0.15, 0.2) is 0 Å². The van der Waals surface area contributed by atoms with E-state index in [9.17, 15) is 24.6 Å². The molecule has 2 aliphatic carbocycles. The second kappa shape index (κ2) is 20.9. The summed E-state index contributed by atoms with van der Waals surface area (Å²) in [7, 11) is 1.74. The van der Waals surface area contributed by atoms with Crippen molar-refractivity contribution < 1.29 is 24.6 Å². The number of nitrogens with zero attached hydrogens (tertiary/aromatic N) is 3. The number of carbonyl (C=O) groups is 3. The second-order valence-electron chi connectivity index (χ2n) is 14.8. The van der Waals surface area contributed by atoms with Crippen molar-refractivity contribution in [3.8, 4) is 0 Å². The summed E-state index contributed by atoms with van der Waals surface area (Å²) in [5.74, 6) is -0.809. The van der Waals surface area contributed by atoms with Crippen molar-refractivity contribution in [2.75, 3.05) is 26.7 Å². The van der Waals surface area contributed by atoms with Gasteiger partial charge >= 0.3 is 0 Å². The Balaban J connectivity index is 1.74. The van der Waals surface area contributed by atoms with Crippen molar-refractivity contribution in [1.29, 1.82) is 0 Å². The number of allylic oxidation sites excluding steroid dienone is 1. The molecule has 270 valence electrons. The van der Waals surface area contributed by atoms with Gasteiger partial charge < -0.3 is 25.3 Å². The number of aromatic nitrogens is 1. The fourth-order valence-corrected chi connectivity index (χ4v) is 7.48. The van der Waals surface area contributed by atoms with E-state index in [0.717, 1.165) is 57.1 Å². The number of likely N-dealkylation sites (N-methyl/N-ethyl adjacent to an activating group) is 1. The molecular formula is C38H61ClN4O5. The number of aliphatic hydroxyl groups excluding tert-OH is 2. The van der Waals surface area contributed by atoms with E-state index in [0.29, 0.717) is 44.2 Å². The van der Waals surface area contributed by atoms with Crippen molar-refractivity contribution in [2.45, 2.75) is 128 Å². The zero-order valence-electron chi connectivity index (χ0n) is 29.6. The number of hydrogen-bond acceptors (Lipinski definition) is 6. The highest BCUT2D eigenvalue weighted by atomic mass is 35.5. The van der Waals surface area contributed by atoms with Gasteiger partial charge in [0.1, 0.15) is 6.10 Å². The summed E-state index contributed by atoms with van der Waals surface area (Å²) in [6.07, 6.45) is 12.1. The van der Waals surface area contributed by atoms with Gasteiger partial charge in [0.05, 0.1) is 24.6 Å². The molecule has 4 atom stereocenters. The van der Waals surface area contributed by atoms with Crippen LogP contribution in [0, 0.1) is 23.7 Å². The number of nitrogens with one attached hydrogen (secondary N) is 1. The molecule has 3 N–H and O–H groups in total. The third-order valence-electron chi connectivity index (χ3n) is 10.2. The van der Waals surface area contributed by atoms with E-state index in [1.54, 1.807) is 23.0 Å². The van der Waals surface area contributed by atoms with E-state index in [4.69, 9.17) is 11.6 Å². The molecule has 0 aromatic carbocycles. The van der Waals surface area contributed by atoms with E-state index in [-0.39, 0.29) is 42.2 Å². The monoisotopic (exact) mass is 688 g/mol. The first-order valence-corrected chi connectivity index (χ1v) is 18.7. The zero-order valence-corrected chi connectivity index (χ0v) is 30.4. The first-order valence-electron chi connectivity index (χ1n) is 18.3. The molecule has 3 amide bonds. The van der Waals surface area contributed by atoms with Crippen molar-refractivity contribution in [1.82, 2.24) is 20.1 Å². The van der Waals surface area contributed by atoms with Crippen LogP contribution >= 0.6 is 11.6 Å². The van der Waals surface area contributed by atoms with Gasteiger partial charge in [-0.1, -0.05) is 89.5 Å². The van der Waals surface area contributed by atoms with Crippen LogP contribution in [0.4, 0.5) is 0 Å². The van der Waals surface area contributed by atoms with Gasteiger partial charge in [0, 0.05) is 49.9 Å². The van der Waals surface area contributed by atoms with Crippen molar-refractivity contribution >= 4 is 29.3 Å². The average molecular weight is 689 g/mol. The third-order valence-corrected chi connectivity index (χ3v) is 10.3. The van der Waals surface area contributed by atoms with Crippen LogP contribution in [-0.2, 0) is 20.8 Å². The van der Waals surface area contributed by atoms with Gasteiger partial charge in [-0.15, -0.1) is 0 Å². The molecular weight excluding hydrogens is 628 g/mol. The Kier molecular flexibility index (Phi) is 17.4. The van der Waals surface area contributed by atoms with Gasteiger partial charge in [0.25, 0.3) is 0 Å². The molecule has 0 spiro atoms. The number of carbonyl (C=O) groups excluding carboxylic acids is 3. The summed E-state index contributed by atoms with van der Waals surface area (Å²) in [5.41, 5.74) is 0.895. The van der Waals surface area contributed by atoms with E-state index in [2.05, 4.69) is 16.9 Å². The SMILES string of the molecule is C=C(Cl)C[C@H](CC(=O)N(CC(=O)N(C)CCc1ccccn1)CC1CCCCC1)C(=O)N[C@@H](CC1CCCCC1)[C@H](O)[C@H](O)CC(C)C. The fourth-order valence-electron chi connectivity index (χ4n) is 7.29. The van der Waals surface area contributed by atoms with Crippen molar-refractivity contribution in [3.63, 3.8) is 0 Å². The second-order valence-corrected chi connectivity index (χ2v) is 15.4. The first kappa shape index (κ1) is 39.9. The Labute approximate surface area is 293 Å². The Bertz CT molecular complexity index is 1140. The number of pyridine rings is 1. The largest absolute Gasteiger partial charge is 0.390 e. The lowest BCUT2D eigenvalue weighted by Gasteiger charge is -2.34. The van der Waals surface area contributed by atoms with Crippen molar-refractivity contribution in [2.24, 2.45) is 23.7 Å². The predicted molar refractivity (Wildman–Crippen MR) is 191 cm³/mol. The average Bonchev–Trinajstić information content (AvgIpc) is 3.06. The smallest absolute Gasteiger partial charge is 0.241 e. The Morgan fingerprint density at radius 2 is 1.62 bits per heavy atom. The van der Waals surface area contributed by atoms with Gasteiger partial charge in [0.2, 0.25) is 17.7 Å². The van der Waals surface area contributed by atoms with Crippen LogP contribution in [0.15, 0.2) is 36.0 Å². The standard InChI is InChI=1S/C38H61ClN4O5/c1-27(2)21-34(44)37(47)33(23-29-13-7-5-8-14-29)41-38(48)31(22-28(3)39)24-35(45)43(25-30-15-9-6-10-16-30)26-36(46)42(4)20-18-32-17-11-12-19-40-32/h11-12,17,19,27,29-31,33-34,37,44,47H,3,5-10,13-16,18,20-26H2,1-2,4H3,(H,41,48)/t31-,33+,34-,37+/m1/s1. The highest BCUT2D eigenvalue weighted by Crippen LogP contribution is 2.30. The molecule has 2 fully saturated rings. The minimum Gasteiger partial charge on any atom is -0.390 e. The van der Waals surface area contributed by atoms with Gasteiger partial charge in [-0.05, 0) is 62.0 Å². The lowest BCUT2D eigenvalue weighted by Crippen LogP contribution is -2.52. The number of halogens is 1. The molecule has 48 heavy (non-hydrogen) atoms. The Morgan fingerprint density at radius 3 is 2.21 bits per heavy atom. The minimum absolute atomic E-state index is 0.0609. The molecule has 1 aromatic heterocycles. The number of hydrogen-bond donors (Lipinski definition) is 3. The molecule has 1 heterocycles. The molecule has 0 saturated heterocycles. The maximum absolute atomic E-state index is 14.0. The predicted octanol–water partition coefficient (Wildman–Crippen LogP) is 5.86. The van der Waals surface area contributed by atoms with Gasteiger partial charge in [-0.25, -0.2) is 0 Å². The third kappa shape index (κ3) is 14.2. The Morgan fingerprint density at radius 1 is 0.979 bits per heavy atom. The first-order chi connectivity index (χ1) is 22.9. The summed E-state index contributed by atoms with van der Waals surface area (Å²) in [6.45, 7) is 8.68. The van der Waals surface area contributed by atoms with Crippen LogP contribution < -0.4 is 5.32 Å². The number of rotatable bonds is 19. The van der Waals surface area contributed by atoms with Crippen LogP contribution in [0.25, 0.3) is 0 Å². The van der Waals surface area contributed by atoms with Crippen LogP contribution in [0.5, 0.6) is 0 Å². The molecule has 2 aliphatic rings. The fraction of sp³-hybridized carbons (Fsp3) is 0.737. The minimum atomic E-state index is -1.13. The van der Waals surface area contributed by atoms with E-state index < -0.39 is 30.1 Å². The van der Waals surface area contributed by atoms with Crippen LogP contribution in [0.2, 0.25) is 0 Å². The highest BCUT2D eigenvalue weighted by molar-refractivity contribution is 6.29. The topological polar surface area (TPSA) is 123 Å². The quantitative estimate of drug-likeness (QED) is 0.167. The summed E-state index contributed by atoms with van der Waals surface area (Å²) in [5, 5.41) is 25.4. The molecule has 0 unspecified atom stereocenters. The molecule has 0 aliphatic heterocycles. The molecule has 0 radical (unpaired) electrons. The molecule has 2 saturated carbocycles. The molecule has 1 aromatic rings. The maximum Gasteiger partial charge on any atom is 0.241 e. The molecule has 3 rings (SSSR count). The highest BCUT2D eigenvalue weighted by Gasteiger charge is 2.34. The number of aliphatic hydroxyl groups is 2. The Hall–Kier alpha value is -2.49. The van der Waals surface area contributed by atoms with Gasteiger partial charge in [-0.3, -0.25) is 19.4 Å². The van der Waals surface area contributed by atoms with Crippen molar-refractivity contribution in [3.05, 3.63) is 41.7 Å². The maximum atomic E-state index is 14.0. The van der Waals surface area contributed by atoms with E-state index in [1.165, 1.54) is 12.8 Å². The van der Waals surface area contributed by atoms with Gasteiger partial charge in [-0.2, -0.15) is 0 Å². The lowest BCUT2D eigenvalue weighted by atomic mass is 9.82. The van der Waals surface area contributed by atoms with Crippen LogP contribution in [0.1, 0.15) is 109 Å². The van der Waals surface area contributed by atoms with E-state index >= 15 is 0 Å². The summed E-state index contributed by atoms with van der Waals surface area (Å²) in [6, 6.07) is 5.05. The summed E-state index contributed by atoms with van der Waals surface area (Å²) < 4.78 is 0. The molecule has 10 heteroatoms. The summed E-state index contributed by atoms with van der Waals surface area (Å²) in [4.78, 5) is 49.0. The molecule has 0 bridgehead atoms. The molecule has 9 nitrogen and oxygen atoms in total. The summed E-state index contributed by atoms with van der Waals surface area (Å²) >= 11 is 6.25. The normalized spacial score (nSPS) is 18.5. The van der Waals surface area contributed by atoms with Crippen LogP contribution in [0.3, 0.4) is 0 Å².